The van der Waals surface area contributed by atoms with Crippen molar-refractivity contribution in [1.29, 1.82) is 0 Å². The summed E-state index contributed by atoms with van der Waals surface area (Å²) in [5, 5.41) is 0. The van der Waals surface area contributed by atoms with E-state index in [0.717, 1.165) is 5.92 Å². The minimum absolute atomic E-state index is 0. The van der Waals surface area contributed by atoms with E-state index in [1.807, 2.05) is 12.3 Å². The second kappa shape index (κ2) is 5.43. The van der Waals surface area contributed by atoms with Gasteiger partial charge in [0.25, 0.3) is 0 Å². The molecule has 0 spiro atoms. The third-order valence-electron chi connectivity index (χ3n) is 2.20. The minimum atomic E-state index is 0. The fourth-order valence-electron chi connectivity index (χ4n) is 1.30. The Morgan fingerprint density at radius 3 is 2.54 bits per heavy atom. The molecule has 0 radical (unpaired) electrons. The van der Waals surface area contributed by atoms with Gasteiger partial charge in [-0.25, -0.2) is 0 Å². The fraction of sp³-hybridized carbons (Fsp3) is 0.444. The summed E-state index contributed by atoms with van der Waals surface area (Å²) in [6.45, 7) is 0. The van der Waals surface area contributed by atoms with Crippen LogP contribution in [-0.2, 0) is 0 Å². The van der Waals surface area contributed by atoms with E-state index < -0.39 is 0 Å². The van der Waals surface area contributed by atoms with Crippen LogP contribution < -0.4 is 5.73 Å². The van der Waals surface area contributed by atoms with Crippen LogP contribution in [0.15, 0.2) is 24.5 Å². The first-order valence-electron chi connectivity index (χ1n) is 4.03. The summed E-state index contributed by atoms with van der Waals surface area (Å²) < 4.78 is 0. The van der Waals surface area contributed by atoms with Gasteiger partial charge in [-0.3, -0.25) is 4.98 Å². The van der Waals surface area contributed by atoms with E-state index >= 15 is 0 Å². The predicted molar refractivity (Wildman–Crippen MR) is 58.4 cm³/mol. The number of hydrogen-bond acceptors (Lipinski definition) is 2. The highest BCUT2D eigenvalue weighted by atomic mass is 35.5. The normalized spacial score (nSPS) is 16.7. The van der Waals surface area contributed by atoms with Gasteiger partial charge in [-0.2, -0.15) is 0 Å². The van der Waals surface area contributed by atoms with Gasteiger partial charge in [0.2, 0.25) is 0 Å². The molecule has 1 atom stereocenters. The second-order valence-corrected chi connectivity index (χ2v) is 3.15. The lowest BCUT2D eigenvalue weighted by molar-refractivity contribution is 0.631. The first-order valence-corrected chi connectivity index (χ1v) is 4.03. The number of nitrogens with two attached hydrogens (primary N) is 1. The van der Waals surface area contributed by atoms with E-state index in [9.17, 15) is 0 Å². The third kappa shape index (κ3) is 3.14. The van der Waals surface area contributed by atoms with Gasteiger partial charge in [0.15, 0.2) is 0 Å². The lowest BCUT2D eigenvalue weighted by atomic mass is 10.1. The van der Waals surface area contributed by atoms with Gasteiger partial charge in [-0.1, -0.05) is 6.07 Å². The summed E-state index contributed by atoms with van der Waals surface area (Å²) in [5.74, 6) is 0.721. The molecule has 2 rings (SSSR count). The molecule has 1 aromatic heterocycles. The van der Waals surface area contributed by atoms with Crippen molar-refractivity contribution in [3.8, 4) is 0 Å². The monoisotopic (exact) mass is 220 g/mol. The van der Waals surface area contributed by atoms with E-state index in [0.29, 0.717) is 0 Å². The van der Waals surface area contributed by atoms with Crippen LogP contribution in [0.25, 0.3) is 0 Å². The zero-order chi connectivity index (χ0) is 7.68. The topological polar surface area (TPSA) is 38.9 Å². The Balaban J connectivity index is 0.000000720. The summed E-state index contributed by atoms with van der Waals surface area (Å²) in [6.07, 6.45) is 6.22. The van der Waals surface area contributed by atoms with Gasteiger partial charge >= 0.3 is 0 Å². The van der Waals surface area contributed by atoms with Crippen molar-refractivity contribution in [1.82, 2.24) is 4.98 Å². The van der Waals surface area contributed by atoms with Crippen molar-refractivity contribution in [2.75, 3.05) is 0 Å². The van der Waals surface area contributed by atoms with Gasteiger partial charge in [-0.15, -0.1) is 24.8 Å². The predicted octanol–water partition coefficient (Wildman–Crippen LogP) is 2.33. The fourth-order valence-corrected chi connectivity index (χ4v) is 1.30. The van der Waals surface area contributed by atoms with Gasteiger partial charge < -0.3 is 5.73 Å². The van der Waals surface area contributed by atoms with E-state index in [1.54, 1.807) is 6.20 Å². The van der Waals surface area contributed by atoms with Crippen molar-refractivity contribution in [3.05, 3.63) is 30.1 Å². The summed E-state index contributed by atoms with van der Waals surface area (Å²) in [6, 6.07) is 4.22. The Morgan fingerprint density at radius 2 is 2.08 bits per heavy atom. The molecule has 1 fully saturated rings. The number of hydrogen-bond donors (Lipinski definition) is 1. The molecule has 0 aliphatic heterocycles. The van der Waals surface area contributed by atoms with Crippen LogP contribution in [0.2, 0.25) is 0 Å². The summed E-state index contributed by atoms with van der Waals surface area (Å²) in [7, 11) is 0. The Hall–Kier alpha value is -0.310. The van der Waals surface area contributed by atoms with Crippen molar-refractivity contribution >= 4 is 24.8 Å². The average molecular weight is 221 g/mol. The maximum atomic E-state index is 5.96. The quantitative estimate of drug-likeness (QED) is 0.832. The molecule has 1 heterocycles. The van der Waals surface area contributed by atoms with Crippen LogP contribution in [0.5, 0.6) is 0 Å². The Bertz CT molecular complexity index is 237. The molecule has 0 saturated heterocycles. The van der Waals surface area contributed by atoms with Crippen molar-refractivity contribution in [2.45, 2.75) is 18.9 Å². The maximum absolute atomic E-state index is 5.96. The molecule has 4 heteroatoms. The van der Waals surface area contributed by atoms with Crippen LogP contribution in [0.1, 0.15) is 24.4 Å². The molecular weight excluding hydrogens is 207 g/mol. The molecule has 0 aromatic carbocycles. The SMILES string of the molecule is Cl.Cl.NC(c1cccnc1)C1CC1. The maximum Gasteiger partial charge on any atom is 0.0338 e. The average Bonchev–Trinajstić information content (AvgIpc) is 2.87. The van der Waals surface area contributed by atoms with Gasteiger partial charge in [0.05, 0.1) is 0 Å². The standard InChI is InChI=1S/C9H12N2.2ClH/c10-9(7-3-4-7)8-2-1-5-11-6-8;;/h1-2,5-7,9H,3-4,10H2;2*1H. The molecule has 0 bridgehead atoms. The summed E-state index contributed by atoms with van der Waals surface area (Å²) >= 11 is 0. The van der Waals surface area contributed by atoms with Crippen molar-refractivity contribution < 1.29 is 0 Å². The van der Waals surface area contributed by atoms with E-state index in [1.165, 1.54) is 18.4 Å². The Morgan fingerprint density at radius 1 is 1.38 bits per heavy atom. The van der Waals surface area contributed by atoms with Crippen molar-refractivity contribution in [3.63, 3.8) is 0 Å². The van der Waals surface area contributed by atoms with E-state index in [2.05, 4.69) is 11.1 Å². The van der Waals surface area contributed by atoms with Crippen LogP contribution in [0.3, 0.4) is 0 Å². The zero-order valence-electron chi connectivity index (χ0n) is 7.22. The van der Waals surface area contributed by atoms with Gasteiger partial charge in [-0.05, 0) is 30.4 Å². The van der Waals surface area contributed by atoms with E-state index in [4.69, 9.17) is 5.73 Å². The smallest absolute Gasteiger partial charge is 0.0338 e. The minimum Gasteiger partial charge on any atom is -0.324 e. The molecule has 1 aromatic rings. The molecule has 1 aliphatic carbocycles. The first-order chi connectivity index (χ1) is 5.38. The number of rotatable bonds is 2. The molecular formula is C9H14Cl2N2. The summed E-state index contributed by atoms with van der Waals surface area (Å²) in [5.41, 5.74) is 7.14. The highest BCUT2D eigenvalue weighted by Crippen LogP contribution is 2.38. The number of nitrogens with zero attached hydrogens (tertiary/aromatic N) is 1. The number of aromatic nitrogens is 1. The molecule has 74 valence electrons. The Labute approximate surface area is 90.8 Å². The van der Waals surface area contributed by atoms with Crippen LogP contribution in [-0.4, -0.2) is 4.98 Å². The van der Waals surface area contributed by atoms with Gasteiger partial charge in [0.1, 0.15) is 0 Å². The number of pyridine rings is 1. The molecule has 1 saturated carbocycles. The highest BCUT2D eigenvalue weighted by molar-refractivity contribution is 5.85. The molecule has 0 amide bonds. The molecule has 1 aliphatic rings. The van der Waals surface area contributed by atoms with Crippen LogP contribution >= 0.6 is 24.8 Å². The third-order valence-corrected chi connectivity index (χ3v) is 2.20. The zero-order valence-corrected chi connectivity index (χ0v) is 8.85. The molecule has 1 unspecified atom stereocenters. The molecule has 2 N–H and O–H groups in total. The van der Waals surface area contributed by atoms with Gasteiger partial charge in [0, 0.05) is 18.4 Å². The second-order valence-electron chi connectivity index (χ2n) is 3.15. The Kier molecular flexibility index (Phi) is 5.30. The van der Waals surface area contributed by atoms with Crippen LogP contribution in [0, 0.1) is 5.92 Å². The first kappa shape index (κ1) is 12.7. The lowest BCUT2D eigenvalue weighted by Crippen LogP contribution is -2.12. The van der Waals surface area contributed by atoms with Crippen LogP contribution in [0.4, 0.5) is 0 Å². The largest absolute Gasteiger partial charge is 0.324 e. The number of halogens is 2. The lowest BCUT2D eigenvalue weighted by Gasteiger charge is -2.08. The highest BCUT2D eigenvalue weighted by Gasteiger charge is 2.29. The molecule has 2 nitrogen and oxygen atoms in total. The molecule has 13 heavy (non-hydrogen) atoms. The van der Waals surface area contributed by atoms with Crippen molar-refractivity contribution in [2.24, 2.45) is 11.7 Å². The van der Waals surface area contributed by atoms with E-state index in [-0.39, 0.29) is 30.9 Å². The summed E-state index contributed by atoms with van der Waals surface area (Å²) in [4.78, 5) is 4.04.